The maximum absolute atomic E-state index is 13.0. The first-order valence-electron chi connectivity index (χ1n) is 9.23. The molecule has 1 nitrogen and oxygen atoms in total. The molecule has 2 heteroatoms. The molecule has 0 fully saturated rings. The third-order valence-corrected chi connectivity index (χ3v) is 4.42. The molecule has 0 aliphatic rings. The molecule has 1 aromatic rings. The molecule has 0 aliphatic heterocycles. The molecular formula is C21H36FN. The summed E-state index contributed by atoms with van der Waals surface area (Å²) in [7, 11) is 0. The highest BCUT2D eigenvalue weighted by Gasteiger charge is 2.18. The zero-order valence-corrected chi connectivity index (χ0v) is 15.8. The quantitative estimate of drug-likeness (QED) is 0.505. The standard InChI is InChI=1S/C21H36FN/c1-17(2)14-18(3)16-23-13-7-6-12-21(4,5)15-19-8-10-20(22)11-9-19/h8-11,17-18,23H,6-7,12-16H2,1-5H3. The summed E-state index contributed by atoms with van der Waals surface area (Å²) in [4.78, 5) is 0. The third-order valence-electron chi connectivity index (χ3n) is 4.42. The van der Waals surface area contributed by atoms with Gasteiger partial charge in [-0.2, -0.15) is 0 Å². The molecule has 1 rings (SSSR count). The highest BCUT2D eigenvalue weighted by molar-refractivity contribution is 5.17. The molecule has 0 spiro atoms. The van der Waals surface area contributed by atoms with Gasteiger partial charge in [-0.05, 0) is 73.7 Å². The molecule has 0 heterocycles. The van der Waals surface area contributed by atoms with Gasteiger partial charge >= 0.3 is 0 Å². The topological polar surface area (TPSA) is 12.0 Å². The van der Waals surface area contributed by atoms with Crippen LogP contribution in [0.1, 0.15) is 65.9 Å². The fourth-order valence-electron chi connectivity index (χ4n) is 3.33. The molecular weight excluding hydrogens is 285 g/mol. The predicted octanol–water partition coefficient (Wildman–Crippen LogP) is 5.84. The van der Waals surface area contributed by atoms with Crippen molar-refractivity contribution in [3.8, 4) is 0 Å². The van der Waals surface area contributed by atoms with Crippen LogP contribution in [0.4, 0.5) is 4.39 Å². The van der Waals surface area contributed by atoms with Crippen molar-refractivity contribution >= 4 is 0 Å². The molecule has 0 aromatic heterocycles. The van der Waals surface area contributed by atoms with E-state index in [4.69, 9.17) is 0 Å². The van der Waals surface area contributed by atoms with Crippen LogP contribution in [-0.2, 0) is 6.42 Å². The Morgan fingerprint density at radius 2 is 1.70 bits per heavy atom. The van der Waals surface area contributed by atoms with Gasteiger partial charge in [0.15, 0.2) is 0 Å². The van der Waals surface area contributed by atoms with Crippen molar-refractivity contribution in [3.05, 3.63) is 35.6 Å². The molecule has 0 amide bonds. The van der Waals surface area contributed by atoms with Gasteiger partial charge in [0, 0.05) is 0 Å². The lowest BCUT2D eigenvalue weighted by molar-refractivity contribution is 0.316. The van der Waals surface area contributed by atoms with Crippen molar-refractivity contribution in [2.45, 2.75) is 66.7 Å². The molecule has 0 saturated heterocycles. The number of unbranched alkanes of at least 4 members (excludes halogenated alkanes) is 1. The van der Waals surface area contributed by atoms with E-state index in [1.807, 2.05) is 12.1 Å². The smallest absolute Gasteiger partial charge is 0.123 e. The molecule has 132 valence electrons. The number of benzene rings is 1. The summed E-state index contributed by atoms with van der Waals surface area (Å²) in [5.74, 6) is 1.41. The Balaban J connectivity index is 2.15. The van der Waals surface area contributed by atoms with Crippen LogP contribution in [0.3, 0.4) is 0 Å². The van der Waals surface area contributed by atoms with E-state index in [1.54, 1.807) is 12.1 Å². The minimum atomic E-state index is -0.149. The summed E-state index contributed by atoms with van der Waals surface area (Å²) in [6.45, 7) is 13.8. The zero-order valence-electron chi connectivity index (χ0n) is 15.8. The lowest BCUT2D eigenvalue weighted by Crippen LogP contribution is -2.23. The normalized spacial score (nSPS) is 13.5. The number of nitrogens with one attached hydrogen (secondary N) is 1. The summed E-state index contributed by atoms with van der Waals surface area (Å²) < 4.78 is 13.0. The Hall–Kier alpha value is -0.890. The Kier molecular flexibility index (Phi) is 8.83. The van der Waals surface area contributed by atoms with Crippen LogP contribution in [0.25, 0.3) is 0 Å². The van der Waals surface area contributed by atoms with Crippen molar-refractivity contribution in [2.24, 2.45) is 17.3 Å². The van der Waals surface area contributed by atoms with Gasteiger partial charge in [0.1, 0.15) is 5.82 Å². The second kappa shape index (κ2) is 10.1. The second-order valence-corrected chi connectivity index (χ2v) is 8.36. The summed E-state index contributed by atoms with van der Waals surface area (Å²) >= 11 is 0. The largest absolute Gasteiger partial charge is 0.316 e. The van der Waals surface area contributed by atoms with Crippen LogP contribution in [-0.4, -0.2) is 13.1 Å². The maximum Gasteiger partial charge on any atom is 0.123 e. The van der Waals surface area contributed by atoms with E-state index in [0.717, 1.165) is 31.3 Å². The Morgan fingerprint density at radius 1 is 1.04 bits per heavy atom. The minimum absolute atomic E-state index is 0.149. The first-order valence-corrected chi connectivity index (χ1v) is 9.23. The molecule has 0 radical (unpaired) electrons. The molecule has 1 N–H and O–H groups in total. The van der Waals surface area contributed by atoms with Crippen LogP contribution in [0.15, 0.2) is 24.3 Å². The van der Waals surface area contributed by atoms with Gasteiger partial charge in [-0.25, -0.2) is 4.39 Å². The second-order valence-electron chi connectivity index (χ2n) is 8.36. The van der Waals surface area contributed by atoms with E-state index in [1.165, 1.54) is 31.2 Å². The number of hydrogen-bond donors (Lipinski definition) is 1. The van der Waals surface area contributed by atoms with E-state index in [-0.39, 0.29) is 11.2 Å². The van der Waals surface area contributed by atoms with Gasteiger partial charge in [0.25, 0.3) is 0 Å². The number of halogens is 1. The first-order chi connectivity index (χ1) is 10.8. The summed E-state index contributed by atoms with van der Waals surface area (Å²) in [6, 6.07) is 6.95. The van der Waals surface area contributed by atoms with Crippen LogP contribution in [0.5, 0.6) is 0 Å². The predicted molar refractivity (Wildman–Crippen MR) is 99.2 cm³/mol. The zero-order chi connectivity index (χ0) is 17.3. The average Bonchev–Trinajstić information content (AvgIpc) is 2.44. The van der Waals surface area contributed by atoms with Gasteiger partial charge in [0.05, 0.1) is 0 Å². The Morgan fingerprint density at radius 3 is 2.30 bits per heavy atom. The van der Waals surface area contributed by atoms with Gasteiger partial charge in [-0.3, -0.25) is 0 Å². The van der Waals surface area contributed by atoms with Crippen LogP contribution < -0.4 is 5.32 Å². The molecule has 0 bridgehead atoms. The first kappa shape index (κ1) is 20.2. The van der Waals surface area contributed by atoms with Crippen LogP contribution in [0, 0.1) is 23.1 Å². The summed E-state index contributed by atoms with van der Waals surface area (Å²) in [5.41, 5.74) is 1.51. The van der Waals surface area contributed by atoms with Crippen molar-refractivity contribution < 1.29 is 4.39 Å². The molecule has 1 unspecified atom stereocenters. The summed E-state index contributed by atoms with van der Waals surface area (Å²) in [6.07, 6.45) is 6.03. The lowest BCUT2D eigenvalue weighted by atomic mass is 9.81. The Bertz CT molecular complexity index is 422. The summed E-state index contributed by atoms with van der Waals surface area (Å²) in [5, 5.41) is 3.59. The van der Waals surface area contributed by atoms with E-state index in [0.29, 0.717) is 0 Å². The molecule has 1 atom stereocenters. The van der Waals surface area contributed by atoms with Gasteiger partial charge < -0.3 is 5.32 Å². The minimum Gasteiger partial charge on any atom is -0.316 e. The third kappa shape index (κ3) is 9.76. The van der Waals surface area contributed by atoms with Crippen molar-refractivity contribution in [1.29, 1.82) is 0 Å². The van der Waals surface area contributed by atoms with E-state index >= 15 is 0 Å². The SMILES string of the molecule is CC(C)CC(C)CNCCCCC(C)(C)Cc1ccc(F)cc1. The molecule has 0 saturated carbocycles. The van der Waals surface area contributed by atoms with Crippen LogP contribution >= 0.6 is 0 Å². The monoisotopic (exact) mass is 321 g/mol. The van der Waals surface area contributed by atoms with E-state index in [9.17, 15) is 4.39 Å². The molecule has 23 heavy (non-hydrogen) atoms. The highest BCUT2D eigenvalue weighted by atomic mass is 19.1. The van der Waals surface area contributed by atoms with E-state index < -0.39 is 0 Å². The van der Waals surface area contributed by atoms with Gasteiger partial charge in [-0.15, -0.1) is 0 Å². The van der Waals surface area contributed by atoms with Crippen molar-refractivity contribution in [1.82, 2.24) is 5.32 Å². The van der Waals surface area contributed by atoms with Crippen molar-refractivity contribution in [2.75, 3.05) is 13.1 Å². The van der Waals surface area contributed by atoms with E-state index in [2.05, 4.69) is 39.9 Å². The van der Waals surface area contributed by atoms with Crippen molar-refractivity contribution in [3.63, 3.8) is 0 Å². The average molecular weight is 322 g/mol. The fourth-order valence-corrected chi connectivity index (χ4v) is 3.33. The van der Waals surface area contributed by atoms with Gasteiger partial charge in [0.2, 0.25) is 0 Å². The number of hydrogen-bond acceptors (Lipinski definition) is 1. The molecule has 1 aromatic carbocycles. The lowest BCUT2D eigenvalue weighted by Gasteiger charge is -2.25. The highest BCUT2D eigenvalue weighted by Crippen LogP contribution is 2.28. The van der Waals surface area contributed by atoms with Crippen LogP contribution in [0.2, 0.25) is 0 Å². The fraction of sp³-hybridized carbons (Fsp3) is 0.714. The molecule has 0 aliphatic carbocycles. The Labute approximate surface area is 143 Å². The van der Waals surface area contributed by atoms with Gasteiger partial charge in [-0.1, -0.05) is 53.2 Å². The maximum atomic E-state index is 13.0. The number of rotatable bonds is 11.